The van der Waals surface area contributed by atoms with Gasteiger partial charge in [-0.15, -0.1) is 0 Å². The van der Waals surface area contributed by atoms with Gasteiger partial charge in [0.15, 0.2) is 0 Å². The molecule has 2 aromatic rings. The van der Waals surface area contributed by atoms with Crippen molar-refractivity contribution in [2.75, 3.05) is 5.32 Å². The first-order valence-electron chi connectivity index (χ1n) is 6.72. The Labute approximate surface area is 120 Å². The summed E-state index contributed by atoms with van der Waals surface area (Å²) in [4.78, 5) is 23.2. The van der Waals surface area contributed by atoms with Gasteiger partial charge in [0.05, 0.1) is 11.4 Å². The van der Waals surface area contributed by atoms with Gasteiger partial charge in [-0.3, -0.25) is 9.59 Å². The number of benzene rings is 1. The van der Waals surface area contributed by atoms with Gasteiger partial charge in [0.2, 0.25) is 11.8 Å². The number of aromatic nitrogens is 3. The molecule has 1 atom stereocenters. The van der Waals surface area contributed by atoms with Crippen LogP contribution in [-0.2, 0) is 17.6 Å². The monoisotopic (exact) mass is 285 g/mol. The molecule has 0 bridgehead atoms. The lowest BCUT2D eigenvalue weighted by atomic mass is 9.89. The minimum absolute atomic E-state index is 0.0459. The largest absolute Gasteiger partial charge is 0.366 e. The molecule has 1 aromatic heterocycles. The van der Waals surface area contributed by atoms with Crippen molar-refractivity contribution in [1.29, 1.82) is 0 Å². The van der Waals surface area contributed by atoms with Crippen LogP contribution in [0.15, 0.2) is 24.3 Å². The van der Waals surface area contributed by atoms with Gasteiger partial charge in [-0.1, -0.05) is 0 Å². The van der Waals surface area contributed by atoms with E-state index < -0.39 is 5.91 Å². The molecule has 0 saturated carbocycles. The summed E-state index contributed by atoms with van der Waals surface area (Å²) in [6.07, 6.45) is 2.10. The number of fused-ring (bicyclic) bond motifs is 1. The fourth-order valence-corrected chi connectivity index (χ4v) is 2.47. The fraction of sp³-hybridized carbons (Fsp3) is 0.286. The minimum atomic E-state index is -0.487. The molecule has 0 radical (unpaired) electrons. The molecule has 108 valence electrons. The number of aryl methyl sites for hydroxylation is 1. The average molecular weight is 285 g/mol. The van der Waals surface area contributed by atoms with Crippen molar-refractivity contribution >= 4 is 17.5 Å². The minimum Gasteiger partial charge on any atom is -0.366 e. The highest BCUT2D eigenvalue weighted by Gasteiger charge is 2.27. The number of aromatic amines is 1. The highest BCUT2D eigenvalue weighted by molar-refractivity contribution is 5.95. The second-order valence-corrected chi connectivity index (χ2v) is 5.09. The SMILES string of the molecule is NC(=O)c1ccc(NC(=O)C2CCc3n[nH]nc3C2)cc1. The predicted octanol–water partition coefficient (Wildman–Crippen LogP) is 0.647. The van der Waals surface area contributed by atoms with Gasteiger partial charge in [0.25, 0.3) is 0 Å². The van der Waals surface area contributed by atoms with Crippen molar-refractivity contribution in [1.82, 2.24) is 15.4 Å². The maximum absolute atomic E-state index is 12.3. The zero-order chi connectivity index (χ0) is 14.8. The van der Waals surface area contributed by atoms with Crippen LogP contribution in [0.1, 0.15) is 28.2 Å². The van der Waals surface area contributed by atoms with E-state index in [1.54, 1.807) is 24.3 Å². The van der Waals surface area contributed by atoms with E-state index >= 15 is 0 Å². The van der Waals surface area contributed by atoms with Crippen LogP contribution in [-0.4, -0.2) is 27.2 Å². The number of anilines is 1. The number of nitrogens with two attached hydrogens (primary N) is 1. The first-order chi connectivity index (χ1) is 10.1. The Kier molecular flexibility index (Phi) is 3.39. The third kappa shape index (κ3) is 2.76. The molecular formula is C14H15N5O2. The van der Waals surface area contributed by atoms with Crippen molar-refractivity contribution in [3.05, 3.63) is 41.2 Å². The van der Waals surface area contributed by atoms with Gasteiger partial charge in [0, 0.05) is 23.6 Å². The van der Waals surface area contributed by atoms with Crippen LogP contribution in [0.5, 0.6) is 0 Å². The van der Waals surface area contributed by atoms with E-state index in [1.165, 1.54) is 0 Å². The van der Waals surface area contributed by atoms with E-state index in [1.807, 2.05) is 0 Å². The van der Waals surface area contributed by atoms with Crippen molar-refractivity contribution in [3.8, 4) is 0 Å². The summed E-state index contributed by atoms with van der Waals surface area (Å²) >= 11 is 0. The first-order valence-corrected chi connectivity index (χ1v) is 6.72. The number of carbonyl (C=O) groups is 2. The Morgan fingerprint density at radius 2 is 1.90 bits per heavy atom. The predicted molar refractivity (Wildman–Crippen MR) is 75.5 cm³/mol. The van der Waals surface area contributed by atoms with Gasteiger partial charge in [0.1, 0.15) is 0 Å². The van der Waals surface area contributed by atoms with Crippen LogP contribution < -0.4 is 11.1 Å². The second-order valence-electron chi connectivity index (χ2n) is 5.09. The summed E-state index contributed by atoms with van der Waals surface area (Å²) in [5, 5.41) is 13.6. The molecule has 2 amide bonds. The molecule has 3 rings (SSSR count). The van der Waals surface area contributed by atoms with Crippen molar-refractivity contribution in [2.24, 2.45) is 11.7 Å². The first kappa shape index (κ1) is 13.3. The van der Waals surface area contributed by atoms with Gasteiger partial charge >= 0.3 is 0 Å². The number of hydrogen-bond acceptors (Lipinski definition) is 4. The van der Waals surface area contributed by atoms with Crippen LogP contribution in [0, 0.1) is 5.92 Å². The zero-order valence-corrected chi connectivity index (χ0v) is 11.3. The van der Waals surface area contributed by atoms with E-state index in [9.17, 15) is 9.59 Å². The smallest absolute Gasteiger partial charge is 0.248 e. The lowest BCUT2D eigenvalue weighted by Gasteiger charge is -2.19. The third-order valence-corrected chi connectivity index (χ3v) is 3.68. The molecule has 7 heteroatoms. The molecule has 0 spiro atoms. The van der Waals surface area contributed by atoms with Gasteiger partial charge < -0.3 is 11.1 Å². The van der Waals surface area contributed by atoms with Crippen LogP contribution in [0.4, 0.5) is 5.69 Å². The Morgan fingerprint density at radius 1 is 1.19 bits per heavy atom. The van der Waals surface area contributed by atoms with E-state index in [2.05, 4.69) is 20.7 Å². The Hall–Kier alpha value is -2.70. The number of nitrogens with one attached hydrogen (secondary N) is 2. The molecule has 0 fully saturated rings. The van der Waals surface area contributed by atoms with Crippen LogP contribution in [0.2, 0.25) is 0 Å². The van der Waals surface area contributed by atoms with E-state index in [0.717, 1.165) is 24.2 Å². The molecule has 7 nitrogen and oxygen atoms in total. The quantitative estimate of drug-likeness (QED) is 0.768. The van der Waals surface area contributed by atoms with Crippen molar-refractivity contribution in [3.63, 3.8) is 0 Å². The number of nitrogens with zero attached hydrogens (tertiary/aromatic N) is 2. The Morgan fingerprint density at radius 3 is 2.62 bits per heavy atom. The second kappa shape index (κ2) is 5.35. The maximum Gasteiger partial charge on any atom is 0.248 e. The van der Waals surface area contributed by atoms with Crippen LogP contribution in [0.25, 0.3) is 0 Å². The summed E-state index contributed by atoms with van der Waals surface area (Å²) < 4.78 is 0. The number of amides is 2. The lowest BCUT2D eigenvalue weighted by Crippen LogP contribution is -2.28. The molecule has 0 aliphatic heterocycles. The van der Waals surface area contributed by atoms with Crippen LogP contribution in [0.3, 0.4) is 0 Å². The molecule has 4 N–H and O–H groups in total. The van der Waals surface area contributed by atoms with E-state index in [0.29, 0.717) is 17.7 Å². The van der Waals surface area contributed by atoms with Crippen molar-refractivity contribution < 1.29 is 9.59 Å². The Balaban J connectivity index is 1.65. The molecule has 1 unspecified atom stereocenters. The average Bonchev–Trinajstić information content (AvgIpc) is 2.95. The number of hydrogen-bond donors (Lipinski definition) is 3. The molecule has 0 saturated heterocycles. The van der Waals surface area contributed by atoms with Gasteiger partial charge in [-0.2, -0.15) is 15.4 Å². The van der Waals surface area contributed by atoms with E-state index in [4.69, 9.17) is 5.73 Å². The number of primary amides is 1. The molecule has 1 heterocycles. The standard InChI is InChI=1S/C14H15N5O2/c15-13(20)8-1-4-10(5-2-8)16-14(21)9-3-6-11-12(7-9)18-19-17-11/h1-2,4-5,9H,3,6-7H2,(H2,15,20)(H,16,21)(H,17,18,19). The van der Waals surface area contributed by atoms with E-state index in [-0.39, 0.29) is 11.8 Å². The van der Waals surface area contributed by atoms with Gasteiger partial charge in [-0.05, 0) is 37.1 Å². The summed E-state index contributed by atoms with van der Waals surface area (Å²) in [5.74, 6) is -0.646. The number of rotatable bonds is 3. The summed E-state index contributed by atoms with van der Waals surface area (Å²) in [5.41, 5.74) is 8.05. The fourth-order valence-electron chi connectivity index (χ4n) is 2.47. The molecule has 21 heavy (non-hydrogen) atoms. The zero-order valence-electron chi connectivity index (χ0n) is 11.3. The molecule has 1 aromatic carbocycles. The Bertz CT molecular complexity index is 677. The van der Waals surface area contributed by atoms with Crippen LogP contribution >= 0.6 is 0 Å². The number of H-pyrrole nitrogens is 1. The summed E-state index contributed by atoms with van der Waals surface area (Å²) in [7, 11) is 0. The topological polar surface area (TPSA) is 114 Å². The molecule has 1 aliphatic rings. The van der Waals surface area contributed by atoms with Gasteiger partial charge in [-0.25, -0.2) is 0 Å². The molecular weight excluding hydrogens is 270 g/mol. The molecule has 1 aliphatic carbocycles. The summed E-state index contributed by atoms with van der Waals surface area (Å²) in [6, 6.07) is 6.52. The number of carbonyl (C=O) groups excluding carboxylic acids is 2. The third-order valence-electron chi connectivity index (χ3n) is 3.68. The highest BCUT2D eigenvalue weighted by atomic mass is 16.2. The maximum atomic E-state index is 12.3. The normalized spacial score (nSPS) is 17.0. The van der Waals surface area contributed by atoms with Crippen molar-refractivity contribution in [2.45, 2.75) is 19.3 Å². The lowest BCUT2D eigenvalue weighted by molar-refractivity contribution is -0.120. The highest BCUT2D eigenvalue weighted by Crippen LogP contribution is 2.23. The summed E-state index contributed by atoms with van der Waals surface area (Å²) in [6.45, 7) is 0.